The minimum atomic E-state index is -0.665. The molecule has 2 amide bonds. The molecule has 0 unspecified atom stereocenters. The third-order valence-corrected chi connectivity index (χ3v) is 5.47. The number of para-hydroxylation sites is 1. The molecule has 0 fully saturated rings. The number of carbonyl (C=O) groups excluding carboxylic acids is 3. The number of hydrogen-bond acceptors (Lipinski definition) is 5. The van der Waals surface area contributed by atoms with Crippen LogP contribution in [0.4, 0.5) is 5.69 Å². The molecule has 0 saturated carbocycles. The molecule has 3 aromatic rings. The predicted octanol–water partition coefficient (Wildman–Crippen LogP) is 3.73. The lowest BCUT2D eigenvalue weighted by Crippen LogP contribution is -2.35. The number of aromatic nitrogens is 2. The maximum absolute atomic E-state index is 12.2. The van der Waals surface area contributed by atoms with Gasteiger partial charge < -0.3 is 15.4 Å². The number of nitrogens with zero attached hydrogens (tertiary/aromatic N) is 2. The van der Waals surface area contributed by atoms with Crippen molar-refractivity contribution in [3.05, 3.63) is 82.2 Å². The van der Waals surface area contributed by atoms with E-state index in [0.29, 0.717) is 0 Å². The third kappa shape index (κ3) is 6.66. The monoisotopic (exact) mass is 474 g/mol. The van der Waals surface area contributed by atoms with Gasteiger partial charge in [0.05, 0.1) is 17.9 Å². The van der Waals surface area contributed by atoms with Crippen LogP contribution in [0.25, 0.3) is 11.8 Å². The van der Waals surface area contributed by atoms with Gasteiger partial charge in [0.1, 0.15) is 0 Å². The molecule has 0 radical (unpaired) electrons. The Morgan fingerprint density at radius 1 is 0.971 bits per heavy atom. The van der Waals surface area contributed by atoms with E-state index in [2.05, 4.69) is 15.7 Å². The molecule has 0 saturated heterocycles. The molecule has 35 heavy (non-hydrogen) atoms. The van der Waals surface area contributed by atoms with Gasteiger partial charge in [0.2, 0.25) is 5.91 Å². The number of ether oxygens (including phenoxy) is 1. The molecule has 0 spiro atoms. The predicted molar refractivity (Wildman–Crippen MR) is 135 cm³/mol. The average molecular weight is 475 g/mol. The van der Waals surface area contributed by atoms with Gasteiger partial charge in [-0.15, -0.1) is 0 Å². The Bertz CT molecular complexity index is 1250. The van der Waals surface area contributed by atoms with Crippen LogP contribution in [0.3, 0.4) is 0 Å². The molecule has 0 aliphatic rings. The van der Waals surface area contributed by atoms with Crippen molar-refractivity contribution in [2.24, 2.45) is 0 Å². The lowest BCUT2D eigenvalue weighted by Gasteiger charge is -2.13. The Balaban J connectivity index is 1.48. The fourth-order valence-electron chi connectivity index (χ4n) is 3.84. The summed E-state index contributed by atoms with van der Waals surface area (Å²) in [6.45, 7) is 8.87. The van der Waals surface area contributed by atoms with Gasteiger partial charge in [-0.2, -0.15) is 5.10 Å². The summed E-state index contributed by atoms with van der Waals surface area (Å²) in [5.41, 5.74) is 7.09. The number of hydrogen-bond donors (Lipinski definition) is 2. The number of amides is 2. The van der Waals surface area contributed by atoms with Crippen LogP contribution in [0.1, 0.15) is 33.6 Å². The summed E-state index contributed by atoms with van der Waals surface area (Å²) < 4.78 is 6.81. The zero-order valence-corrected chi connectivity index (χ0v) is 20.6. The van der Waals surface area contributed by atoms with Crippen LogP contribution in [-0.4, -0.2) is 40.7 Å². The Morgan fingerprint density at radius 2 is 1.63 bits per heavy atom. The van der Waals surface area contributed by atoms with E-state index in [-0.39, 0.29) is 12.5 Å². The molecule has 0 aliphatic carbocycles. The molecule has 182 valence electrons. The van der Waals surface area contributed by atoms with Crippen LogP contribution in [0, 0.1) is 34.6 Å². The Labute approximate surface area is 205 Å². The molecular weight excluding hydrogens is 444 g/mol. The van der Waals surface area contributed by atoms with Crippen molar-refractivity contribution in [3.8, 4) is 5.69 Å². The normalized spacial score (nSPS) is 10.9. The zero-order valence-electron chi connectivity index (χ0n) is 20.6. The van der Waals surface area contributed by atoms with Gasteiger partial charge in [-0.1, -0.05) is 35.9 Å². The summed E-state index contributed by atoms with van der Waals surface area (Å²) in [6.07, 6.45) is 2.88. The standard InChI is InChI=1S/C27H30N4O4/c1-17-13-18(2)27(19(3)14-17)29-24(32)15-28-25(33)16-35-26(34)12-11-23-20(4)30-31(21(23)5)22-9-7-6-8-10-22/h6-14H,15-16H2,1-5H3,(H,28,33)(H,29,32). The number of benzene rings is 2. The minimum Gasteiger partial charge on any atom is -0.452 e. The number of carbonyl (C=O) groups is 3. The van der Waals surface area contributed by atoms with E-state index < -0.39 is 18.5 Å². The second-order valence-corrected chi connectivity index (χ2v) is 8.37. The van der Waals surface area contributed by atoms with E-state index >= 15 is 0 Å². The lowest BCUT2D eigenvalue weighted by atomic mass is 10.1. The van der Waals surface area contributed by atoms with Crippen molar-refractivity contribution in [2.75, 3.05) is 18.5 Å². The van der Waals surface area contributed by atoms with Crippen molar-refractivity contribution in [3.63, 3.8) is 0 Å². The van der Waals surface area contributed by atoms with Crippen LogP contribution >= 0.6 is 0 Å². The Hall–Kier alpha value is -4.20. The summed E-state index contributed by atoms with van der Waals surface area (Å²) in [4.78, 5) is 36.3. The lowest BCUT2D eigenvalue weighted by molar-refractivity contribution is -0.143. The summed E-state index contributed by atoms with van der Waals surface area (Å²) in [7, 11) is 0. The molecule has 8 nitrogen and oxygen atoms in total. The van der Waals surface area contributed by atoms with E-state index in [4.69, 9.17) is 4.74 Å². The average Bonchev–Trinajstić information content (AvgIpc) is 3.11. The van der Waals surface area contributed by atoms with Gasteiger partial charge in [0.15, 0.2) is 6.61 Å². The van der Waals surface area contributed by atoms with Crippen molar-refractivity contribution in [1.29, 1.82) is 0 Å². The van der Waals surface area contributed by atoms with E-state index in [1.807, 2.05) is 77.1 Å². The quantitative estimate of drug-likeness (QED) is 0.383. The molecule has 0 aliphatic heterocycles. The minimum absolute atomic E-state index is 0.226. The maximum atomic E-state index is 12.2. The maximum Gasteiger partial charge on any atom is 0.331 e. The molecule has 2 aromatic carbocycles. The van der Waals surface area contributed by atoms with E-state index in [1.165, 1.54) is 6.08 Å². The molecule has 1 aromatic heterocycles. The van der Waals surface area contributed by atoms with Gasteiger partial charge >= 0.3 is 5.97 Å². The molecule has 0 atom stereocenters. The van der Waals surface area contributed by atoms with Crippen LogP contribution in [0.5, 0.6) is 0 Å². The fourth-order valence-corrected chi connectivity index (χ4v) is 3.84. The van der Waals surface area contributed by atoms with E-state index in [0.717, 1.165) is 45.0 Å². The number of rotatable bonds is 8. The highest BCUT2D eigenvalue weighted by Gasteiger charge is 2.13. The zero-order chi connectivity index (χ0) is 25.5. The number of nitrogens with one attached hydrogen (secondary N) is 2. The first-order chi connectivity index (χ1) is 16.7. The highest BCUT2D eigenvalue weighted by molar-refractivity contribution is 5.96. The van der Waals surface area contributed by atoms with Crippen LogP contribution in [-0.2, 0) is 19.1 Å². The van der Waals surface area contributed by atoms with Crippen molar-refractivity contribution in [1.82, 2.24) is 15.1 Å². The first-order valence-electron chi connectivity index (χ1n) is 11.3. The molecule has 3 rings (SSSR count). The first-order valence-corrected chi connectivity index (χ1v) is 11.3. The topological polar surface area (TPSA) is 102 Å². The van der Waals surface area contributed by atoms with E-state index in [9.17, 15) is 14.4 Å². The molecular formula is C27H30N4O4. The second kappa shape index (κ2) is 11.3. The Kier molecular flexibility index (Phi) is 8.20. The number of aryl methyl sites for hydroxylation is 4. The van der Waals surface area contributed by atoms with Crippen molar-refractivity contribution >= 4 is 29.5 Å². The van der Waals surface area contributed by atoms with Gasteiger partial charge in [0, 0.05) is 23.0 Å². The smallest absolute Gasteiger partial charge is 0.331 e. The SMILES string of the molecule is Cc1cc(C)c(NC(=O)CNC(=O)COC(=O)C=Cc2c(C)nn(-c3ccccc3)c2C)c(C)c1. The fraction of sp³-hybridized carbons (Fsp3) is 0.259. The number of anilines is 1. The summed E-state index contributed by atoms with van der Waals surface area (Å²) in [6, 6.07) is 13.6. The van der Waals surface area contributed by atoms with Gasteiger partial charge in [0.25, 0.3) is 5.91 Å². The van der Waals surface area contributed by atoms with Crippen molar-refractivity contribution in [2.45, 2.75) is 34.6 Å². The summed E-state index contributed by atoms with van der Waals surface area (Å²) in [5, 5.41) is 9.79. The van der Waals surface area contributed by atoms with Crippen LogP contribution in [0.2, 0.25) is 0 Å². The Morgan fingerprint density at radius 3 is 2.29 bits per heavy atom. The van der Waals surface area contributed by atoms with Gasteiger partial charge in [-0.3, -0.25) is 9.59 Å². The second-order valence-electron chi connectivity index (χ2n) is 8.37. The van der Waals surface area contributed by atoms with Gasteiger partial charge in [-0.25, -0.2) is 9.48 Å². The largest absolute Gasteiger partial charge is 0.452 e. The summed E-state index contributed by atoms with van der Waals surface area (Å²) in [5.74, 6) is -1.59. The van der Waals surface area contributed by atoms with Gasteiger partial charge in [-0.05, 0) is 64.0 Å². The van der Waals surface area contributed by atoms with Crippen LogP contribution in [0.15, 0.2) is 48.5 Å². The molecule has 1 heterocycles. The highest BCUT2D eigenvalue weighted by atomic mass is 16.5. The highest BCUT2D eigenvalue weighted by Crippen LogP contribution is 2.22. The molecule has 8 heteroatoms. The number of esters is 1. The summed E-state index contributed by atoms with van der Waals surface area (Å²) >= 11 is 0. The molecule has 2 N–H and O–H groups in total. The van der Waals surface area contributed by atoms with Crippen molar-refractivity contribution < 1.29 is 19.1 Å². The molecule has 0 bridgehead atoms. The first kappa shape index (κ1) is 25.4. The third-order valence-electron chi connectivity index (χ3n) is 5.47. The van der Waals surface area contributed by atoms with E-state index in [1.54, 1.807) is 10.8 Å². The van der Waals surface area contributed by atoms with Crippen LogP contribution < -0.4 is 10.6 Å².